The lowest BCUT2D eigenvalue weighted by Gasteiger charge is -2.45. The highest BCUT2D eigenvalue weighted by atomic mass is 16.5. The molecule has 0 amide bonds. The van der Waals surface area contributed by atoms with Gasteiger partial charge in [0.25, 0.3) is 0 Å². The topological polar surface area (TPSA) is 12.5 Å². The highest BCUT2D eigenvalue weighted by Gasteiger charge is 2.36. The Morgan fingerprint density at radius 3 is 2.75 bits per heavy atom. The third kappa shape index (κ3) is 2.95. The van der Waals surface area contributed by atoms with Crippen LogP contribution in [0.1, 0.15) is 41.9 Å². The monoisotopic (exact) mass is 321 g/mol. The van der Waals surface area contributed by atoms with Crippen LogP contribution in [0.2, 0.25) is 0 Å². The Morgan fingerprint density at radius 1 is 1.04 bits per heavy atom. The molecule has 1 saturated heterocycles. The molecule has 2 aliphatic rings. The fourth-order valence-electron chi connectivity index (χ4n) is 4.75. The minimum Gasteiger partial charge on any atom is -0.496 e. The summed E-state index contributed by atoms with van der Waals surface area (Å²) in [5.74, 6) is 1.78. The van der Waals surface area contributed by atoms with E-state index in [0.717, 1.165) is 18.6 Å². The Morgan fingerprint density at radius 2 is 1.92 bits per heavy atom. The average Bonchev–Trinajstić information content (AvgIpc) is 2.66. The summed E-state index contributed by atoms with van der Waals surface area (Å²) >= 11 is 0. The summed E-state index contributed by atoms with van der Waals surface area (Å²) in [6, 6.07) is 18.3. The molecule has 24 heavy (non-hydrogen) atoms. The maximum absolute atomic E-state index is 5.61. The van der Waals surface area contributed by atoms with Gasteiger partial charge in [-0.2, -0.15) is 0 Å². The van der Waals surface area contributed by atoms with Crippen molar-refractivity contribution in [2.24, 2.45) is 0 Å². The summed E-state index contributed by atoms with van der Waals surface area (Å²) in [7, 11) is 1.80. The van der Waals surface area contributed by atoms with Crippen molar-refractivity contribution in [1.29, 1.82) is 0 Å². The van der Waals surface area contributed by atoms with E-state index in [1.807, 2.05) is 0 Å². The van der Waals surface area contributed by atoms with Gasteiger partial charge in [0.2, 0.25) is 0 Å². The molecular formula is C22H27NO. The molecule has 2 atom stereocenters. The fraction of sp³-hybridized carbons (Fsp3) is 0.455. The summed E-state index contributed by atoms with van der Waals surface area (Å²) in [5.41, 5.74) is 4.47. The van der Waals surface area contributed by atoms with Gasteiger partial charge in [0.1, 0.15) is 5.75 Å². The number of hydrogen-bond acceptors (Lipinski definition) is 2. The van der Waals surface area contributed by atoms with Crippen molar-refractivity contribution >= 4 is 0 Å². The first kappa shape index (κ1) is 15.7. The van der Waals surface area contributed by atoms with Gasteiger partial charge in [-0.25, -0.2) is 0 Å². The average molecular weight is 321 g/mol. The first-order chi connectivity index (χ1) is 11.9. The lowest BCUT2D eigenvalue weighted by Crippen LogP contribution is -2.47. The molecule has 1 heterocycles. The van der Waals surface area contributed by atoms with Crippen molar-refractivity contribution in [3.8, 4) is 5.75 Å². The van der Waals surface area contributed by atoms with Crippen LogP contribution in [0, 0.1) is 0 Å². The molecule has 2 unspecified atom stereocenters. The van der Waals surface area contributed by atoms with E-state index in [0.29, 0.717) is 12.0 Å². The number of hydrogen-bond donors (Lipinski definition) is 0. The predicted molar refractivity (Wildman–Crippen MR) is 98.8 cm³/mol. The van der Waals surface area contributed by atoms with Crippen molar-refractivity contribution in [2.45, 2.75) is 44.1 Å². The molecule has 1 aliphatic carbocycles. The quantitative estimate of drug-likeness (QED) is 0.826. The molecule has 0 spiro atoms. The Hall–Kier alpha value is -1.80. The van der Waals surface area contributed by atoms with Gasteiger partial charge in [0, 0.05) is 12.6 Å². The molecule has 0 bridgehead atoms. The maximum atomic E-state index is 5.61. The van der Waals surface area contributed by atoms with Gasteiger partial charge in [-0.3, -0.25) is 4.90 Å². The summed E-state index contributed by atoms with van der Waals surface area (Å²) in [5, 5.41) is 0. The fourth-order valence-corrected chi connectivity index (χ4v) is 4.75. The lowest BCUT2D eigenvalue weighted by atomic mass is 9.74. The molecular weight excluding hydrogens is 294 g/mol. The number of likely N-dealkylation sites (tertiary alicyclic amines) is 1. The van der Waals surface area contributed by atoms with Crippen molar-refractivity contribution in [3.63, 3.8) is 0 Å². The highest BCUT2D eigenvalue weighted by Crippen LogP contribution is 2.43. The third-order valence-electron chi connectivity index (χ3n) is 5.90. The summed E-state index contributed by atoms with van der Waals surface area (Å²) in [6.45, 7) is 2.44. The van der Waals surface area contributed by atoms with Crippen molar-refractivity contribution in [3.05, 3.63) is 65.2 Å². The van der Waals surface area contributed by atoms with E-state index in [4.69, 9.17) is 4.74 Å². The van der Waals surface area contributed by atoms with E-state index < -0.39 is 0 Å². The molecule has 0 N–H and O–H groups in total. The Balaban J connectivity index is 1.52. The van der Waals surface area contributed by atoms with Gasteiger partial charge in [-0.15, -0.1) is 0 Å². The van der Waals surface area contributed by atoms with Gasteiger partial charge in [-0.05, 0) is 67.3 Å². The molecule has 1 fully saturated rings. The van der Waals surface area contributed by atoms with E-state index >= 15 is 0 Å². The maximum Gasteiger partial charge on any atom is 0.122 e. The summed E-state index contributed by atoms with van der Waals surface area (Å²) < 4.78 is 5.61. The van der Waals surface area contributed by atoms with E-state index in [1.54, 1.807) is 12.7 Å². The lowest BCUT2D eigenvalue weighted by molar-refractivity contribution is 0.113. The van der Waals surface area contributed by atoms with Crippen LogP contribution in [0.3, 0.4) is 0 Å². The van der Waals surface area contributed by atoms with Crippen LogP contribution in [0.5, 0.6) is 5.75 Å². The van der Waals surface area contributed by atoms with Crippen molar-refractivity contribution < 1.29 is 4.74 Å². The Bertz CT molecular complexity index is 682. The SMILES string of the molecule is COc1cccc2c1CCC1C2CCCN1CCc1ccccc1. The van der Waals surface area contributed by atoms with Crippen LogP contribution in [0.15, 0.2) is 48.5 Å². The predicted octanol–water partition coefficient (Wildman–Crippen LogP) is 4.43. The van der Waals surface area contributed by atoms with Gasteiger partial charge in [-0.1, -0.05) is 42.5 Å². The van der Waals surface area contributed by atoms with Gasteiger partial charge in [0.15, 0.2) is 0 Å². The number of rotatable bonds is 4. The van der Waals surface area contributed by atoms with E-state index in [-0.39, 0.29) is 0 Å². The molecule has 0 saturated carbocycles. The molecule has 2 heteroatoms. The van der Waals surface area contributed by atoms with E-state index in [9.17, 15) is 0 Å². The highest BCUT2D eigenvalue weighted by molar-refractivity contribution is 5.45. The minimum atomic E-state index is 0.688. The Kier molecular flexibility index (Phi) is 4.57. The normalized spacial score (nSPS) is 23.4. The van der Waals surface area contributed by atoms with Crippen molar-refractivity contribution in [2.75, 3.05) is 20.2 Å². The molecule has 1 aliphatic heterocycles. The number of benzene rings is 2. The van der Waals surface area contributed by atoms with Crippen LogP contribution in [-0.2, 0) is 12.8 Å². The molecule has 2 aromatic rings. The first-order valence-electron chi connectivity index (χ1n) is 9.30. The van der Waals surface area contributed by atoms with Crippen molar-refractivity contribution in [1.82, 2.24) is 4.90 Å². The number of nitrogens with zero attached hydrogens (tertiary/aromatic N) is 1. The number of piperidine rings is 1. The molecule has 0 radical (unpaired) electrons. The van der Waals surface area contributed by atoms with Crippen LogP contribution in [0.4, 0.5) is 0 Å². The second-order valence-electron chi connectivity index (χ2n) is 7.15. The third-order valence-corrected chi connectivity index (χ3v) is 5.90. The zero-order valence-electron chi connectivity index (χ0n) is 14.6. The number of methoxy groups -OCH3 is 1. The summed E-state index contributed by atoms with van der Waals surface area (Å²) in [4.78, 5) is 2.75. The standard InChI is InChI=1S/C22H27NO/c1-24-22-11-5-9-18-19-10-6-15-23(21(19)13-12-20(18)22)16-14-17-7-3-2-4-8-17/h2-5,7-9,11,19,21H,6,10,12-16H2,1H3. The second-order valence-corrected chi connectivity index (χ2v) is 7.15. The second kappa shape index (κ2) is 6.98. The first-order valence-corrected chi connectivity index (χ1v) is 9.30. The van der Waals surface area contributed by atoms with Gasteiger partial charge < -0.3 is 4.74 Å². The van der Waals surface area contributed by atoms with E-state index in [1.165, 1.54) is 43.5 Å². The number of fused-ring (bicyclic) bond motifs is 3. The zero-order chi connectivity index (χ0) is 16.4. The number of ether oxygens (including phenoxy) is 1. The molecule has 2 nitrogen and oxygen atoms in total. The molecule has 0 aromatic heterocycles. The van der Waals surface area contributed by atoms with Crippen LogP contribution in [0.25, 0.3) is 0 Å². The Labute approximate surface area is 145 Å². The van der Waals surface area contributed by atoms with Crippen LogP contribution >= 0.6 is 0 Å². The minimum absolute atomic E-state index is 0.688. The van der Waals surface area contributed by atoms with Crippen LogP contribution in [-0.4, -0.2) is 31.1 Å². The smallest absolute Gasteiger partial charge is 0.122 e. The summed E-state index contributed by atoms with van der Waals surface area (Å²) in [6.07, 6.45) is 6.23. The largest absolute Gasteiger partial charge is 0.496 e. The molecule has 4 rings (SSSR count). The van der Waals surface area contributed by atoms with Gasteiger partial charge >= 0.3 is 0 Å². The van der Waals surface area contributed by atoms with E-state index in [2.05, 4.69) is 53.4 Å². The molecule has 2 aromatic carbocycles. The molecule has 126 valence electrons. The zero-order valence-corrected chi connectivity index (χ0v) is 14.6. The van der Waals surface area contributed by atoms with Crippen LogP contribution < -0.4 is 4.74 Å². The van der Waals surface area contributed by atoms with Gasteiger partial charge in [0.05, 0.1) is 7.11 Å².